The number of rotatable bonds is 8. The summed E-state index contributed by atoms with van der Waals surface area (Å²) >= 11 is 0. The van der Waals surface area contributed by atoms with Gasteiger partial charge < -0.3 is 0 Å². The third-order valence-corrected chi connectivity index (χ3v) is 2.22. The Balaban J connectivity index is 3.27. The molecule has 0 rings (SSSR count). The van der Waals surface area contributed by atoms with Crippen LogP contribution in [-0.4, -0.2) is 6.61 Å². The van der Waals surface area contributed by atoms with Crippen molar-refractivity contribution in [3.8, 4) is 0 Å². The summed E-state index contributed by atoms with van der Waals surface area (Å²) in [4.78, 5) is 0. The first kappa shape index (κ1) is 13.4. The van der Waals surface area contributed by atoms with E-state index in [4.69, 9.17) is 0 Å². The van der Waals surface area contributed by atoms with Gasteiger partial charge in [-0.05, 0) is 25.3 Å². The van der Waals surface area contributed by atoms with Crippen LogP contribution in [0.5, 0.6) is 0 Å². The SMILES string of the molecule is CCCCCCC/C=C/C=C(\C)C[O]. The topological polar surface area (TPSA) is 19.9 Å². The van der Waals surface area contributed by atoms with E-state index in [1.165, 1.54) is 32.1 Å². The molecule has 0 fully saturated rings. The van der Waals surface area contributed by atoms with Crippen molar-refractivity contribution < 1.29 is 5.11 Å². The van der Waals surface area contributed by atoms with Gasteiger partial charge in [-0.3, -0.25) is 0 Å². The highest BCUT2D eigenvalue weighted by Crippen LogP contribution is 2.05. The van der Waals surface area contributed by atoms with Gasteiger partial charge in [0.1, 0.15) is 6.61 Å². The van der Waals surface area contributed by atoms with Crippen molar-refractivity contribution in [1.82, 2.24) is 0 Å². The standard InChI is InChI=1S/C13H23O/c1-3-4-5-6-7-8-9-10-11-13(2)12-14/h9-11H,3-8,12H2,1-2H3/b10-9+,13-11+. The van der Waals surface area contributed by atoms with Crippen LogP contribution in [0.3, 0.4) is 0 Å². The van der Waals surface area contributed by atoms with Crippen molar-refractivity contribution >= 4 is 0 Å². The maximum absolute atomic E-state index is 10.4. The van der Waals surface area contributed by atoms with E-state index in [0.29, 0.717) is 0 Å². The van der Waals surface area contributed by atoms with Crippen LogP contribution >= 0.6 is 0 Å². The molecule has 1 nitrogen and oxygen atoms in total. The van der Waals surface area contributed by atoms with Gasteiger partial charge in [-0.15, -0.1) is 0 Å². The lowest BCUT2D eigenvalue weighted by Gasteiger charge is -1.95. The molecular weight excluding hydrogens is 172 g/mol. The molecule has 14 heavy (non-hydrogen) atoms. The summed E-state index contributed by atoms with van der Waals surface area (Å²) in [6, 6.07) is 0. The number of allylic oxidation sites excluding steroid dienone is 3. The molecule has 0 bridgehead atoms. The predicted molar refractivity (Wildman–Crippen MR) is 61.8 cm³/mol. The molecule has 0 aliphatic carbocycles. The molecule has 81 valence electrons. The van der Waals surface area contributed by atoms with Gasteiger partial charge >= 0.3 is 0 Å². The predicted octanol–water partition coefficient (Wildman–Crippen LogP) is 4.28. The molecule has 1 heteroatoms. The molecule has 0 aliphatic rings. The zero-order chi connectivity index (χ0) is 10.6. The number of hydrogen-bond donors (Lipinski definition) is 0. The van der Waals surface area contributed by atoms with Gasteiger partial charge in [-0.2, -0.15) is 0 Å². The van der Waals surface area contributed by atoms with Crippen molar-refractivity contribution in [2.45, 2.75) is 52.4 Å². The van der Waals surface area contributed by atoms with E-state index >= 15 is 0 Å². The first-order valence-corrected chi connectivity index (χ1v) is 5.71. The largest absolute Gasteiger partial charge is 0.232 e. The minimum atomic E-state index is -0.0825. The highest BCUT2D eigenvalue weighted by atomic mass is 16.3. The van der Waals surface area contributed by atoms with Gasteiger partial charge in [-0.25, -0.2) is 5.11 Å². The Morgan fingerprint density at radius 2 is 1.86 bits per heavy atom. The molecule has 0 heterocycles. The van der Waals surface area contributed by atoms with Crippen molar-refractivity contribution in [3.05, 3.63) is 23.8 Å². The molecule has 0 unspecified atom stereocenters. The molecule has 0 saturated carbocycles. The molecule has 0 aromatic heterocycles. The second-order valence-electron chi connectivity index (χ2n) is 3.79. The number of unbranched alkanes of at least 4 members (excludes halogenated alkanes) is 5. The summed E-state index contributed by atoms with van der Waals surface area (Å²) in [5, 5.41) is 10.4. The van der Waals surface area contributed by atoms with Gasteiger partial charge in [-0.1, -0.05) is 50.8 Å². The average molecular weight is 195 g/mol. The lowest BCUT2D eigenvalue weighted by atomic mass is 10.1. The van der Waals surface area contributed by atoms with Crippen molar-refractivity contribution in [2.75, 3.05) is 6.61 Å². The van der Waals surface area contributed by atoms with Crippen molar-refractivity contribution in [3.63, 3.8) is 0 Å². The Hall–Kier alpha value is -0.560. The van der Waals surface area contributed by atoms with Crippen LogP contribution in [0.15, 0.2) is 23.8 Å². The van der Waals surface area contributed by atoms with Crippen molar-refractivity contribution in [1.29, 1.82) is 0 Å². The smallest absolute Gasteiger partial charge is 0.103 e. The summed E-state index contributed by atoms with van der Waals surface area (Å²) in [5.41, 5.74) is 0.909. The molecular formula is C13H23O. The maximum Gasteiger partial charge on any atom is 0.103 e. The van der Waals surface area contributed by atoms with Crippen LogP contribution in [0.2, 0.25) is 0 Å². The molecule has 0 N–H and O–H groups in total. The van der Waals surface area contributed by atoms with Crippen LogP contribution in [0.1, 0.15) is 52.4 Å². The summed E-state index contributed by atoms with van der Waals surface area (Å²) in [6.07, 6.45) is 13.9. The van der Waals surface area contributed by atoms with Crippen LogP contribution in [0.25, 0.3) is 0 Å². The van der Waals surface area contributed by atoms with Crippen molar-refractivity contribution in [2.24, 2.45) is 0 Å². The lowest BCUT2D eigenvalue weighted by molar-refractivity contribution is 0.223. The Bertz CT molecular complexity index is 168. The average Bonchev–Trinajstić information content (AvgIpc) is 2.21. The van der Waals surface area contributed by atoms with E-state index in [1.54, 1.807) is 0 Å². The van der Waals surface area contributed by atoms with Crippen LogP contribution < -0.4 is 0 Å². The van der Waals surface area contributed by atoms with E-state index in [1.807, 2.05) is 19.1 Å². The highest BCUT2D eigenvalue weighted by molar-refractivity contribution is 5.10. The van der Waals surface area contributed by atoms with E-state index in [2.05, 4.69) is 13.0 Å². The first-order valence-electron chi connectivity index (χ1n) is 5.71. The maximum atomic E-state index is 10.4. The first-order chi connectivity index (χ1) is 6.81. The number of hydrogen-bond acceptors (Lipinski definition) is 0. The highest BCUT2D eigenvalue weighted by Gasteiger charge is 1.86. The molecule has 1 radical (unpaired) electrons. The zero-order valence-corrected chi connectivity index (χ0v) is 9.59. The Labute approximate surface area is 88.5 Å². The molecule has 0 spiro atoms. The van der Waals surface area contributed by atoms with Gasteiger partial charge in [0.25, 0.3) is 0 Å². The lowest BCUT2D eigenvalue weighted by Crippen LogP contribution is -1.79. The fourth-order valence-electron chi connectivity index (χ4n) is 1.24. The van der Waals surface area contributed by atoms with E-state index in [9.17, 15) is 5.11 Å². The van der Waals surface area contributed by atoms with E-state index in [0.717, 1.165) is 12.0 Å². The van der Waals surface area contributed by atoms with Gasteiger partial charge in [0, 0.05) is 0 Å². The molecule has 0 aromatic carbocycles. The second kappa shape index (κ2) is 10.5. The quantitative estimate of drug-likeness (QED) is 0.407. The summed E-state index contributed by atoms with van der Waals surface area (Å²) in [5.74, 6) is 0. The Morgan fingerprint density at radius 1 is 1.14 bits per heavy atom. The van der Waals surface area contributed by atoms with Gasteiger partial charge in [0.15, 0.2) is 0 Å². The molecule has 0 amide bonds. The zero-order valence-electron chi connectivity index (χ0n) is 9.59. The van der Waals surface area contributed by atoms with E-state index < -0.39 is 0 Å². The molecule has 0 atom stereocenters. The monoisotopic (exact) mass is 195 g/mol. The minimum Gasteiger partial charge on any atom is -0.232 e. The Morgan fingerprint density at radius 3 is 2.50 bits per heavy atom. The van der Waals surface area contributed by atoms with Gasteiger partial charge in [0.2, 0.25) is 0 Å². The molecule has 0 saturated heterocycles. The van der Waals surface area contributed by atoms with Crippen LogP contribution in [0.4, 0.5) is 0 Å². The third kappa shape index (κ3) is 9.53. The normalized spacial score (nSPS) is 12.6. The van der Waals surface area contributed by atoms with E-state index in [-0.39, 0.29) is 6.61 Å². The summed E-state index contributed by atoms with van der Waals surface area (Å²) in [7, 11) is 0. The van der Waals surface area contributed by atoms with Crippen LogP contribution in [-0.2, 0) is 5.11 Å². The van der Waals surface area contributed by atoms with Crippen LogP contribution in [0, 0.1) is 0 Å². The van der Waals surface area contributed by atoms with Gasteiger partial charge in [0.05, 0.1) is 0 Å². The summed E-state index contributed by atoms with van der Waals surface area (Å²) < 4.78 is 0. The third-order valence-electron chi connectivity index (χ3n) is 2.22. The Kier molecular flexibility index (Phi) is 10.1. The fraction of sp³-hybridized carbons (Fsp3) is 0.692. The summed E-state index contributed by atoms with van der Waals surface area (Å²) in [6.45, 7) is 4.02. The molecule has 0 aromatic rings. The fourth-order valence-corrected chi connectivity index (χ4v) is 1.24. The second-order valence-corrected chi connectivity index (χ2v) is 3.79. The molecule has 0 aliphatic heterocycles. The minimum absolute atomic E-state index is 0.0825.